The summed E-state index contributed by atoms with van der Waals surface area (Å²) < 4.78 is 5.11. The van der Waals surface area contributed by atoms with Crippen LogP contribution in [0.4, 0.5) is 5.69 Å². The van der Waals surface area contributed by atoms with Gasteiger partial charge in [-0.2, -0.15) is 0 Å². The standard InChI is InChI=1S/C15H11Cl3N2O3S/c1-23-12-3-2-7(16)4-9(12)14(22)20-15(24)19-11-6-8(17)5-10(18)13(11)21/h2-6,21H,1H3,(H2,19,20,22,24). The van der Waals surface area contributed by atoms with E-state index in [1.165, 1.54) is 25.3 Å². The maximum atomic E-state index is 12.3. The van der Waals surface area contributed by atoms with Crippen LogP contribution in [0.3, 0.4) is 0 Å². The van der Waals surface area contributed by atoms with Gasteiger partial charge in [-0.15, -0.1) is 0 Å². The third-order valence-electron chi connectivity index (χ3n) is 2.91. The molecular formula is C15H11Cl3N2O3S. The summed E-state index contributed by atoms with van der Waals surface area (Å²) in [4.78, 5) is 12.3. The molecule has 1 amide bonds. The molecule has 0 radical (unpaired) electrons. The maximum absolute atomic E-state index is 12.3. The Morgan fingerprint density at radius 1 is 1.17 bits per heavy atom. The van der Waals surface area contributed by atoms with Gasteiger partial charge in [0.2, 0.25) is 0 Å². The summed E-state index contributed by atoms with van der Waals surface area (Å²) in [6.07, 6.45) is 0. The largest absolute Gasteiger partial charge is 0.504 e. The zero-order valence-electron chi connectivity index (χ0n) is 12.2. The van der Waals surface area contributed by atoms with Crippen LogP contribution in [0.2, 0.25) is 15.1 Å². The van der Waals surface area contributed by atoms with Crippen LogP contribution in [-0.2, 0) is 0 Å². The van der Waals surface area contributed by atoms with Crippen LogP contribution in [0.15, 0.2) is 30.3 Å². The van der Waals surface area contributed by atoms with Crippen molar-refractivity contribution >= 4 is 63.7 Å². The minimum absolute atomic E-state index is 0.0515. The average Bonchev–Trinajstić information content (AvgIpc) is 2.51. The van der Waals surface area contributed by atoms with Crippen molar-refractivity contribution in [1.82, 2.24) is 5.32 Å². The number of anilines is 1. The summed E-state index contributed by atoms with van der Waals surface area (Å²) in [5.74, 6) is -0.425. The number of phenolic OH excluding ortho intramolecular Hbond substituents is 1. The molecule has 126 valence electrons. The number of hydrogen-bond donors (Lipinski definition) is 3. The first kappa shape index (κ1) is 18.6. The molecular weight excluding hydrogens is 395 g/mol. The Balaban J connectivity index is 2.16. The van der Waals surface area contributed by atoms with Crippen LogP contribution in [0, 0.1) is 0 Å². The molecule has 0 saturated heterocycles. The molecule has 0 bridgehead atoms. The highest BCUT2D eigenvalue weighted by molar-refractivity contribution is 7.80. The summed E-state index contributed by atoms with van der Waals surface area (Å²) in [7, 11) is 1.43. The molecule has 24 heavy (non-hydrogen) atoms. The second-order valence-corrected chi connectivity index (χ2v) is 6.22. The van der Waals surface area contributed by atoms with Crippen molar-refractivity contribution in [2.24, 2.45) is 0 Å². The molecule has 0 aliphatic carbocycles. The van der Waals surface area contributed by atoms with Crippen LogP contribution < -0.4 is 15.4 Å². The molecule has 5 nitrogen and oxygen atoms in total. The number of halogens is 3. The van der Waals surface area contributed by atoms with E-state index in [4.69, 9.17) is 51.8 Å². The molecule has 0 fully saturated rings. The van der Waals surface area contributed by atoms with Crippen molar-refractivity contribution in [3.05, 3.63) is 51.0 Å². The first-order valence-corrected chi connectivity index (χ1v) is 8.00. The Hall–Kier alpha value is -1.73. The van der Waals surface area contributed by atoms with Crippen molar-refractivity contribution in [3.8, 4) is 11.5 Å². The number of aromatic hydroxyl groups is 1. The number of phenols is 1. The summed E-state index contributed by atoms with van der Waals surface area (Å²) in [5, 5.41) is 15.7. The predicted octanol–water partition coefficient (Wildman–Crippen LogP) is 4.49. The van der Waals surface area contributed by atoms with Gasteiger partial charge >= 0.3 is 0 Å². The van der Waals surface area contributed by atoms with E-state index in [2.05, 4.69) is 10.6 Å². The fourth-order valence-corrected chi connectivity index (χ4v) is 2.71. The Morgan fingerprint density at radius 2 is 1.88 bits per heavy atom. The SMILES string of the molecule is COc1ccc(Cl)cc1C(=O)NC(=S)Nc1cc(Cl)cc(Cl)c1O. The van der Waals surface area contributed by atoms with E-state index in [1.807, 2.05) is 0 Å². The highest BCUT2D eigenvalue weighted by Gasteiger charge is 2.16. The molecule has 2 aromatic carbocycles. The van der Waals surface area contributed by atoms with E-state index in [9.17, 15) is 9.90 Å². The minimum Gasteiger partial charge on any atom is -0.504 e. The lowest BCUT2D eigenvalue weighted by atomic mass is 10.2. The van der Waals surface area contributed by atoms with Gasteiger partial charge in [-0.3, -0.25) is 10.1 Å². The third-order valence-corrected chi connectivity index (χ3v) is 3.86. The van der Waals surface area contributed by atoms with Crippen molar-refractivity contribution in [3.63, 3.8) is 0 Å². The zero-order chi connectivity index (χ0) is 17.9. The van der Waals surface area contributed by atoms with Gasteiger partial charge in [0.05, 0.1) is 23.4 Å². The zero-order valence-corrected chi connectivity index (χ0v) is 15.3. The number of nitrogens with one attached hydrogen (secondary N) is 2. The van der Waals surface area contributed by atoms with Gasteiger partial charge in [0.25, 0.3) is 5.91 Å². The van der Waals surface area contributed by atoms with E-state index in [-0.39, 0.29) is 27.1 Å². The van der Waals surface area contributed by atoms with Crippen LogP contribution >= 0.6 is 47.0 Å². The highest BCUT2D eigenvalue weighted by Crippen LogP contribution is 2.35. The Bertz CT molecular complexity index is 815. The lowest BCUT2D eigenvalue weighted by molar-refractivity contribution is 0.0974. The fraction of sp³-hybridized carbons (Fsp3) is 0.0667. The number of amides is 1. The topological polar surface area (TPSA) is 70.6 Å². The minimum atomic E-state index is -0.528. The molecule has 3 N–H and O–H groups in total. The van der Waals surface area contributed by atoms with Crippen molar-refractivity contribution in [1.29, 1.82) is 0 Å². The van der Waals surface area contributed by atoms with Gasteiger partial charge in [0.15, 0.2) is 10.9 Å². The van der Waals surface area contributed by atoms with E-state index in [0.29, 0.717) is 15.8 Å². The first-order chi connectivity index (χ1) is 11.3. The van der Waals surface area contributed by atoms with Crippen LogP contribution in [0.1, 0.15) is 10.4 Å². The van der Waals surface area contributed by atoms with E-state index < -0.39 is 5.91 Å². The summed E-state index contributed by atoms with van der Waals surface area (Å²) >= 11 is 22.6. The lowest BCUT2D eigenvalue weighted by Crippen LogP contribution is -2.34. The molecule has 0 saturated carbocycles. The van der Waals surface area contributed by atoms with Crippen molar-refractivity contribution < 1.29 is 14.6 Å². The second-order valence-electron chi connectivity index (χ2n) is 4.54. The molecule has 0 aliphatic rings. The number of ether oxygens (including phenoxy) is 1. The van der Waals surface area contributed by atoms with E-state index in [0.717, 1.165) is 0 Å². The van der Waals surface area contributed by atoms with Crippen LogP contribution in [0.25, 0.3) is 0 Å². The van der Waals surface area contributed by atoms with Crippen LogP contribution in [0.5, 0.6) is 11.5 Å². The lowest BCUT2D eigenvalue weighted by Gasteiger charge is -2.13. The van der Waals surface area contributed by atoms with Gasteiger partial charge < -0.3 is 15.2 Å². The molecule has 0 unspecified atom stereocenters. The van der Waals surface area contributed by atoms with Gasteiger partial charge in [-0.1, -0.05) is 34.8 Å². The number of thiocarbonyl (C=S) groups is 1. The molecule has 0 heterocycles. The molecule has 0 spiro atoms. The predicted molar refractivity (Wildman–Crippen MR) is 99.8 cm³/mol. The Kier molecular flexibility index (Phi) is 6.12. The number of benzene rings is 2. The van der Waals surface area contributed by atoms with E-state index in [1.54, 1.807) is 12.1 Å². The number of hydrogen-bond acceptors (Lipinski definition) is 4. The molecule has 2 aromatic rings. The fourth-order valence-electron chi connectivity index (χ4n) is 1.84. The molecule has 0 atom stereocenters. The number of rotatable bonds is 3. The summed E-state index contributed by atoms with van der Waals surface area (Å²) in [6, 6.07) is 7.41. The van der Waals surface area contributed by atoms with Gasteiger partial charge in [0, 0.05) is 10.0 Å². The Labute approximate surface area is 158 Å². The van der Waals surface area contributed by atoms with Crippen molar-refractivity contribution in [2.45, 2.75) is 0 Å². The quantitative estimate of drug-likeness (QED) is 0.518. The number of carbonyl (C=O) groups excluding carboxylic acids is 1. The number of methoxy groups -OCH3 is 1. The van der Waals surface area contributed by atoms with Crippen LogP contribution in [-0.4, -0.2) is 23.2 Å². The maximum Gasteiger partial charge on any atom is 0.261 e. The molecule has 0 aromatic heterocycles. The third kappa shape index (κ3) is 4.42. The second kappa shape index (κ2) is 7.90. The summed E-state index contributed by atoms with van der Waals surface area (Å²) in [6.45, 7) is 0. The smallest absolute Gasteiger partial charge is 0.261 e. The van der Waals surface area contributed by atoms with Gasteiger partial charge in [-0.25, -0.2) is 0 Å². The monoisotopic (exact) mass is 404 g/mol. The van der Waals surface area contributed by atoms with Crippen molar-refractivity contribution in [2.75, 3.05) is 12.4 Å². The molecule has 0 aliphatic heterocycles. The first-order valence-electron chi connectivity index (χ1n) is 6.45. The van der Waals surface area contributed by atoms with Gasteiger partial charge in [0.1, 0.15) is 5.75 Å². The van der Waals surface area contributed by atoms with E-state index >= 15 is 0 Å². The normalized spacial score (nSPS) is 10.2. The highest BCUT2D eigenvalue weighted by atomic mass is 35.5. The van der Waals surface area contributed by atoms with Gasteiger partial charge in [-0.05, 0) is 42.5 Å². The molecule has 2 rings (SSSR count). The average molecular weight is 406 g/mol. The number of carbonyl (C=O) groups is 1. The summed E-state index contributed by atoms with van der Waals surface area (Å²) in [5.41, 5.74) is 0.373. The molecule has 9 heteroatoms. The Morgan fingerprint density at radius 3 is 2.54 bits per heavy atom.